The molecule has 3 N–H and O–H groups in total. The van der Waals surface area contributed by atoms with Gasteiger partial charge in [0.25, 0.3) is 11.8 Å². The van der Waals surface area contributed by atoms with Crippen LogP contribution in [0.5, 0.6) is 0 Å². The van der Waals surface area contributed by atoms with E-state index in [-0.39, 0.29) is 24.0 Å². The maximum Gasteiger partial charge on any atom is 0.338 e. The molecule has 8 nitrogen and oxygen atoms in total. The van der Waals surface area contributed by atoms with E-state index in [4.69, 9.17) is 4.74 Å². The molecule has 4 aromatic carbocycles. The van der Waals surface area contributed by atoms with Gasteiger partial charge in [-0.15, -0.1) is 11.8 Å². The van der Waals surface area contributed by atoms with Crippen LogP contribution in [-0.4, -0.2) is 36.1 Å². The lowest BCUT2D eigenvalue weighted by Crippen LogP contribution is -2.30. The summed E-state index contributed by atoms with van der Waals surface area (Å²) >= 11 is 1.30. The number of carbonyl (C=O) groups excluding carboxylic acids is 4. The molecular formula is C36H35N3O5S. The first-order valence-electron chi connectivity index (χ1n) is 14.5. The summed E-state index contributed by atoms with van der Waals surface area (Å²) in [5.74, 6) is -1.04. The number of carbonyl (C=O) groups is 4. The van der Waals surface area contributed by atoms with Crippen molar-refractivity contribution in [2.45, 2.75) is 31.6 Å². The van der Waals surface area contributed by atoms with Crippen LogP contribution in [-0.2, 0) is 14.3 Å². The Morgan fingerprint density at radius 1 is 0.778 bits per heavy atom. The van der Waals surface area contributed by atoms with Crippen LogP contribution in [0.2, 0.25) is 0 Å². The first-order chi connectivity index (χ1) is 21.7. The van der Waals surface area contributed by atoms with Crippen molar-refractivity contribution in [3.05, 3.63) is 131 Å². The second-order valence-electron chi connectivity index (χ2n) is 10.3. The maximum atomic E-state index is 13.4. The topological polar surface area (TPSA) is 114 Å². The lowest BCUT2D eigenvalue weighted by molar-refractivity contribution is -0.114. The highest BCUT2D eigenvalue weighted by molar-refractivity contribution is 8.00. The van der Waals surface area contributed by atoms with E-state index in [2.05, 4.69) is 29.8 Å². The number of thioether (sulfide) groups is 1. The van der Waals surface area contributed by atoms with Crippen LogP contribution in [0.15, 0.2) is 114 Å². The van der Waals surface area contributed by atoms with E-state index in [9.17, 15) is 19.2 Å². The highest BCUT2D eigenvalue weighted by atomic mass is 32.2. The third kappa shape index (κ3) is 9.94. The van der Waals surface area contributed by atoms with E-state index in [1.54, 1.807) is 79.7 Å². The molecule has 0 unspecified atom stereocenters. The van der Waals surface area contributed by atoms with E-state index >= 15 is 0 Å². The minimum Gasteiger partial charge on any atom is -0.462 e. The number of nitrogens with one attached hydrogen (secondary N) is 3. The number of amides is 3. The van der Waals surface area contributed by atoms with Gasteiger partial charge in [0.1, 0.15) is 5.70 Å². The lowest BCUT2D eigenvalue weighted by atomic mass is 10.0. The molecule has 45 heavy (non-hydrogen) atoms. The highest BCUT2D eigenvalue weighted by Crippen LogP contribution is 2.23. The molecule has 0 aliphatic carbocycles. The summed E-state index contributed by atoms with van der Waals surface area (Å²) in [4.78, 5) is 51.6. The quantitative estimate of drug-likeness (QED) is 0.0882. The van der Waals surface area contributed by atoms with Crippen molar-refractivity contribution < 1.29 is 23.9 Å². The monoisotopic (exact) mass is 621 g/mol. The van der Waals surface area contributed by atoms with E-state index < -0.39 is 17.8 Å². The Morgan fingerprint density at radius 3 is 2.16 bits per heavy atom. The zero-order valence-corrected chi connectivity index (χ0v) is 26.1. The molecule has 0 atom stereocenters. The molecule has 3 amide bonds. The summed E-state index contributed by atoms with van der Waals surface area (Å²) in [6, 6.07) is 30.1. The third-order valence-corrected chi connectivity index (χ3v) is 7.58. The van der Waals surface area contributed by atoms with Crippen molar-refractivity contribution in [2.24, 2.45) is 0 Å². The number of rotatable bonds is 12. The molecule has 0 saturated heterocycles. The van der Waals surface area contributed by atoms with Gasteiger partial charge in [-0.3, -0.25) is 14.4 Å². The van der Waals surface area contributed by atoms with Crippen LogP contribution < -0.4 is 16.0 Å². The van der Waals surface area contributed by atoms with Crippen LogP contribution in [0.1, 0.15) is 58.5 Å². The average Bonchev–Trinajstić information content (AvgIpc) is 3.04. The van der Waals surface area contributed by atoms with Crippen LogP contribution in [0, 0.1) is 0 Å². The second-order valence-corrected chi connectivity index (χ2v) is 11.4. The highest BCUT2D eigenvalue weighted by Gasteiger charge is 2.16. The number of hydrogen-bond donors (Lipinski definition) is 3. The van der Waals surface area contributed by atoms with Gasteiger partial charge in [-0.25, -0.2) is 4.79 Å². The summed E-state index contributed by atoms with van der Waals surface area (Å²) < 4.78 is 4.98. The Morgan fingerprint density at radius 2 is 1.49 bits per heavy atom. The van der Waals surface area contributed by atoms with E-state index in [1.807, 2.05) is 36.4 Å². The standard InChI is InChI=1S/C36H35N3O5S/c1-4-44-36(43)28-17-19-29(20-18-28)37-33(40)23-45-31-12-8-11-30(22-31)38-35(42)32(39-34(41)27-9-6-5-7-10-27)21-25-13-15-26(16-14-25)24(2)3/h5-22,24H,4,23H2,1-3H3,(H,37,40)(H,38,42)(H,39,41)/b32-21+. The normalized spacial score (nSPS) is 11.1. The van der Waals surface area contributed by atoms with Crippen LogP contribution in [0.3, 0.4) is 0 Å². The van der Waals surface area contributed by atoms with E-state index in [0.717, 1.165) is 10.5 Å². The third-order valence-electron chi connectivity index (χ3n) is 6.58. The predicted octanol–water partition coefficient (Wildman–Crippen LogP) is 7.13. The van der Waals surface area contributed by atoms with E-state index in [0.29, 0.717) is 28.4 Å². The fourth-order valence-corrected chi connectivity index (χ4v) is 4.95. The molecular weight excluding hydrogens is 586 g/mol. The summed E-state index contributed by atoms with van der Waals surface area (Å²) in [5.41, 5.74) is 3.93. The molecule has 0 aliphatic heterocycles. The predicted molar refractivity (Wildman–Crippen MR) is 179 cm³/mol. The minimum absolute atomic E-state index is 0.0903. The summed E-state index contributed by atoms with van der Waals surface area (Å²) in [7, 11) is 0. The summed E-state index contributed by atoms with van der Waals surface area (Å²) in [6.07, 6.45) is 1.64. The Bertz CT molecular complexity index is 1670. The van der Waals surface area contributed by atoms with Crippen molar-refractivity contribution in [3.8, 4) is 0 Å². The Balaban J connectivity index is 1.41. The fraction of sp³-hybridized carbons (Fsp3) is 0.167. The van der Waals surface area contributed by atoms with Gasteiger partial charge < -0.3 is 20.7 Å². The minimum atomic E-state index is -0.488. The van der Waals surface area contributed by atoms with Crippen molar-refractivity contribution in [1.82, 2.24) is 5.32 Å². The Labute approximate surface area is 267 Å². The van der Waals surface area contributed by atoms with Gasteiger partial charge in [0.2, 0.25) is 5.91 Å². The largest absolute Gasteiger partial charge is 0.462 e. The molecule has 0 radical (unpaired) electrons. The number of benzene rings is 4. The molecule has 9 heteroatoms. The van der Waals surface area contributed by atoms with E-state index in [1.165, 1.54) is 17.3 Å². The number of hydrogen-bond acceptors (Lipinski definition) is 6. The van der Waals surface area contributed by atoms with Crippen LogP contribution in [0.25, 0.3) is 6.08 Å². The number of anilines is 2. The van der Waals surface area contributed by atoms with Crippen LogP contribution >= 0.6 is 11.8 Å². The maximum absolute atomic E-state index is 13.4. The summed E-state index contributed by atoms with van der Waals surface area (Å²) in [5, 5.41) is 8.43. The lowest BCUT2D eigenvalue weighted by Gasteiger charge is -2.13. The molecule has 0 bridgehead atoms. The van der Waals surface area contributed by atoms with Gasteiger partial charge in [0.05, 0.1) is 17.9 Å². The zero-order chi connectivity index (χ0) is 32.2. The first kappa shape index (κ1) is 32.8. The average molecular weight is 622 g/mol. The van der Waals surface area contributed by atoms with Crippen molar-refractivity contribution in [2.75, 3.05) is 23.0 Å². The van der Waals surface area contributed by atoms with Crippen LogP contribution in [0.4, 0.5) is 11.4 Å². The Kier molecular flexibility index (Phi) is 11.7. The molecule has 230 valence electrons. The van der Waals surface area contributed by atoms with Gasteiger partial charge >= 0.3 is 5.97 Å². The SMILES string of the molecule is CCOC(=O)c1ccc(NC(=O)CSc2cccc(NC(=O)/C(=C\c3ccc(C(C)C)cc3)NC(=O)c3ccccc3)c2)cc1. The molecule has 0 spiro atoms. The molecule has 0 saturated carbocycles. The fourth-order valence-electron chi connectivity index (χ4n) is 4.20. The van der Waals surface area contributed by atoms with Crippen molar-refractivity contribution >= 4 is 52.9 Å². The first-order valence-corrected chi connectivity index (χ1v) is 15.5. The Hall–Kier alpha value is -5.15. The molecule has 0 aliphatic rings. The zero-order valence-electron chi connectivity index (χ0n) is 25.3. The van der Waals surface area contributed by atoms with Crippen molar-refractivity contribution in [3.63, 3.8) is 0 Å². The smallest absolute Gasteiger partial charge is 0.338 e. The molecule has 0 heterocycles. The van der Waals surface area contributed by atoms with Gasteiger partial charge in [-0.05, 0) is 84.6 Å². The van der Waals surface area contributed by atoms with Gasteiger partial charge in [0.15, 0.2) is 0 Å². The molecule has 0 aromatic heterocycles. The number of esters is 1. The molecule has 0 fully saturated rings. The molecule has 4 rings (SSSR count). The molecule has 4 aromatic rings. The van der Waals surface area contributed by atoms with Gasteiger partial charge in [0, 0.05) is 21.8 Å². The van der Waals surface area contributed by atoms with Gasteiger partial charge in [-0.1, -0.05) is 62.4 Å². The number of ether oxygens (including phenoxy) is 1. The van der Waals surface area contributed by atoms with Crippen molar-refractivity contribution in [1.29, 1.82) is 0 Å². The van der Waals surface area contributed by atoms with Gasteiger partial charge in [-0.2, -0.15) is 0 Å². The summed E-state index contributed by atoms with van der Waals surface area (Å²) in [6.45, 7) is 6.24. The second kappa shape index (κ2) is 16.1.